The summed E-state index contributed by atoms with van der Waals surface area (Å²) in [7, 11) is 0. The number of amides is 2. The van der Waals surface area contributed by atoms with E-state index in [1.54, 1.807) is 24.3 Å². The van der Waals surface area contributed by atoms with Gasteiger partial charge in [-0.1, -0.05) is 11.6 Å². The maximum absolute atomic E-state index is 12.1. The lowest BCUT2D eigenvalue weighted by Gasteiger charge is -2.14. The molecule has 0 bridgehead atoms. The second-order valence-corrected chi connectivity index (χ2v) is 6.20. The fourth-order valence-corrected chi connectivity index (χ4v) is 2.85. The van der Waals surface area contributed by atoms with Crippen LogP contribution in [0.4, 0.5) is 0 Å². The molecule has 0 aliphatic carbocycles. The third kappa shape index (κ3) is 3.97. The molecule has 24 heavy (non-hydrogen) atoms. The predicted octanol–water partition coefficient (Wildman–Crippen LogP) is 3.34. The Kier molecular flexibility index (Phi) is 5.20. The summed E-state index contributed by atoms with van der Waals surface area (Å²) >= 11 is 5.86. The zero-order chi connectivity index (χ0) is 16.9. The summed E-state index contributed by atoms with van der Waals surface area (Å²) in [6.45, 7) is 2.03. The minimum Gasteiger partial charge on any atom is -0.451 e. The van der Waals surface area contributed by atoms with Crippen LogP contribution in [0.2, 0.25) is 5.02 Å². The van der Waals surface area contributed by atoms with Gasteiger partial charge in [-0.2, -0.15) is 0 Å². The third-order valence-electron chi connectivity index (χ3n) is 4.02. The molecule has 0 unspecified atom stereocenters. The molecule has 1 fully saturated rings. The standard InChI is InChI=1S/C18H19ClN2O3/c19-14-6-4-13(5-7-14)15-8-9-16(24-15)18(23)20-10-2-12-21-11-1-3-17(21)22/h4-9H,1-3,10-12H2,(H,20,23). The molecule has 2 amide bonds. The first-order valence-corrected chi connectivity index (χ1v) is 8.43. The van der Waals surface area contributed by atoms with Gasteiger partial charge in [0, 0.05) is 36.6 Å². The zero-order valence-electron chi connectivity index (χ0n) is 13.3. The van der Waals surface area contributed by atoms with Gasteiger partial charge in [0.25, 0.3) is 5.91 Å². The summed E-state index contributed by atoms with van der Waals surface area (Å²) in [5.41, 5.74) is 0.867. The lowest BCUT2D eigenvalue weighted by Crippen LogP contribution is -2.30. The second-order valence-electron chi connectivity index (χ2n) is 5.76. The number of benzene rings is 1. The van der Waals surface area contributed by atoms with Gasteiger partial charge in [0.15, 0.2) is 5.76 Å². The molecular weight excluding hydrogens is 328 g/mol. The van der Waals surface area contributed by atoms with E-state index in [2.05, 4.69) is 5.32 Å². The predicted molar refractivity (Wildman–Crippen MR) is 91.9 cm³/mol. The first-order chi connectivity index (χ1) is 11.6. The van der Waals surface area contributed by atoms with Crippen molar-refractivity contribution in [2.24, 2.45) is 0 Å². The number of nitrogens with zero attached hydrogens (tertiary/aromatic N) is 1. The van der Waals surface area contributed by atoms with Gasteiger partial charge < -0.3 is 14.6 Å². The van der Waals surface area contributed by atoms with Gasteiger partial charge in [-0.25, -0.2) is 0 Å². The van der Waals surface area contributed by atoms with Crippen LogP contribution in [0.15, 0.2) is 40.8 Å². The maximum atomic E-state index is 12.1. The fraction of sp³-hybridized carbons (Fsp3) is 0.333. The average molecular weight is 347 g/mol. The van der Waals surface area contributed by atoms with Crippen LogP contribution >= 0.6 is 11.6 Å². The molecule has 5 nitrogen and oxygen atoms in total. The Hall–Kier alpha value is -2.27. The van der Waals surface area contributed by atoms with Crippen molar-refractivity contribution in [3.05, 3.63) is 47.2 Å². The molecule has 126 valence electrons. The lowest BCUT2D eigenvalue weighted by atomic mass is 10.2. The Bertz CT molecular complexity index is 724. The van der Waals surface area contributed by atoms with E-state index in [0.29, 0.717) is 30.3 Å². The van der Waals surface area contributed by atoms with E-state index >= 15 is 0 Å². The summed E-state index contributed by atoms with van der Waals surface area (Å²) in [5.74, 6) is 0.861. The summed E-state index contributed by atoms with van der Waals surface area (Å²) in [6.07, 6.45) is 2.32. The number of furan rings is 1. The number of hydrogen-bond donors (Lipinski definition) is 1. The highest BCUT2D eigenvalue weighted by molar-refractivity contribution is 6.30. The van der Waals surface area contributed by atoms with Crippen molar-refractivity contribution in [3.63, 3.8) is 0 Å². The molecule has 2 aromatic rings. The Labute approximate surface area is 145 Å². The van der Waals surface area contributed by atoms with E-state index in [-0.39, 0.29) is 17.6 Å². The molecule has 0 radical (unpaired) electrons. The monoisotopic (exact) mass is 346 g/mol. The van der Waals surface area contributed by atoms with Crippen LogP contribution < -0.4 is 5.32 Å². The van der Waals surface area contributed by atoms with Crippen LogP contribution in [-0.2, 0) is 4.79 Å². The Balaban J connectivity index is 1.48. The largest absolute Gasteiger partial charge is 0.451 e. The molecule has 0 spiro atoms. The number of rotatable bonds is 6. The minimum absolute atomic E-state index is 0.208. The van der Waals surface area contributed by atoms with E-state index in [1.807, 2.05) is 17.0 Å². The van der Waals surface area contributed by atoms with Crippen LogP contribution in [0.1, 0.15) is 29.8 Å². The number of hydrogen-bond acceptors (Lipinski definition) is 3. The Morgan fingerprint density at radius 3 is 2.71 bits per heavy atom. The van der Waals surface area contributed by atoms with E-state index in [0.717, 1.165) is 24.9 Å². The minimum atomic E-state index is -0.247. The van der Waals surface area contributed by atoms with Crippen LogP contribution in [0.5, 0.6) is 0 Å². The molecule has 3 rings (SSSR count). The van der Waals surface area contributed by atoms with Gasteiger partial charge in [0.1, 0.15) is 5.76 Å². The van der Waals surface area contributed by atoms with Crippen molar-refractivity contribution in [1.82, 2.24) is 10.2 Å². The molecule has 1 aliphatic rings. The van der Waals surface area contributed by atoms with E-state index < -0.39 is 0 Å². The highest BCUT2D eigenvalue weighted by Crippen LogP contribution is 2.23. The van der Waals surface area contributed by atoms with Gasteiger partial charge in [-0.05, 0) is 49.2 Å². The van der Waals surface area contributed by atoms with Gasteiger partial charge in [0.2, 0.25) is 5.91 Å². The SMILES string of the molecule is O=C(NCCCN1CCCC1=O)c1ccc(-c2ccc(Cl)cc2)o1. The lowest BCUT2D eigenvalue weighted by molar-refractivity contribution is -0.127. The molecule has 6 heteroatoms. The van der Waals surface area contributed by atoms with Crippen LogP contribution in [0.3, 0.4) is 0 Å². The normalized spacial score (nSPS) is 14.2. The summed E-state index contributed by atoms with van der Waals surface area (Å²) in [6, 6.07) is 10.7. The van der Waals surface area contributed by atoms with Gasteiger partial charge in [-0.3, -0.25) is 9.59 Å². The van der Waals surface area contributed by atoms with Crippen LogP contribution in [0.25, 0.3) is 11.3 Å². The van der Waals surface area contributed by atoms with Crippen molar-refractivity contribution in [3.8, 4) is 11.3 Å². The van der Waals surface area contributed by atoms with Gasteiger partial charge in [-0.15, -0.1) is 0 Å². The first-order valence-electron chi connectivity index (χ1n) is 8.05. The molecule has 1 aromatic carbocycles. The summed E-state index contributed by atoms with van der Waals surface area (Å²) in [5, 5.41) is 3.47. The topological polar surface area (TPSA) is 62.6 Å². The highest BCUT2D eigenvalue weighted by Gasteiger charge is 2.19. The number of carbonyl (C=O) groups is 2. The van der Waals surface area contributed by atoms with Crippen LogP contribution in [-0.4, -0.2) is 36.3 Å². The van der Waals surface area contributed by atoms with Gasteiger partial charge in [0.05, 0.1) is 0 Å². The molecule has 1 N–H and O–H groups in total. The Morgan fingerprint density at radius 2 is 2.00 bits per heavy atom. The third-order valence-corrected chi connectivity index (χ3v) is 4.27. The zero-order valence-corrected chi connectivity index (χ0v) is 14.0. The van der Waals surface area contributed by atoms with Crippen molar-refractivity contribution >= 4 is 23.4 Å². The van der Waals surface area contributed by atoms with E-state index in [1.165, 1.54) is 0 Å². The first kappa shape index (κ1) is 16.6. The number of carbonyl (C=O) groups excluding carboxylic acids is 2. The molecule has 1 aliphatic heterocycles. The molecular formula is C18H19ClN2O3. The quantitative estimate of drug-likeness (QED) is 0.816. The Morgan fingerprint density at radius 1 is 1.21 bits per heavy atom. The summed E-state index contributed by atoms with van der Waals surface area (Å²) < 4.78 is 5.60. The van der Waals surface area contributed by atoms with E-state index in [4.69, 9.17) is 16.0 Å². The molecule has 0 atom stereocenters. The van der Waals surface area contributed by atoms with E-state index in [9.17, 15) is 9.59 Å². The number of likely N-dealkylation sites (tertiary alicyclic amines) is 1. The molecule has 1 saturated heterocycles. The second kappa shape index (κ2) is 7.53. The molecule has 2 heterocycles. The maximum Gasteiger partial charge on any atom is 0.287 e. The summed E-state index contributed by atoms with van der Waals surface area (Å²) in [4.78, 5) is 25.4. The van der Waals surface area contributed by atoms with Crippen molar-refractivity contribution in [2.75, 3.05) is 19.6 Å². The fourth-order valence-electron chi connectivity index (χ4n) is 2.73. The van der Waals surface area contributed by atoms with Crippen molar-refractivity contribution in [1.29, 1.82) is 0 Å². The molecule has 1 aromatic heterocycles. The highest BCUT2D eigenvalue weighted by atomic mass is 35.5. The average Bonchev–Trinajstić information content (AvgIpc) is 3.22. The van der Waals surface area contributed by atoms with Crippen molar-refractivity contribution in [2.45, 2.75) is 19.3 Å². The van der Waals surface area contributed by atoms with Gasteiger partial charge >= 0.3 is 0 Å². The van der Waals surface area contributed by atoms with Crippen LogP contribution in [0, 0.1) is 0 Å². The van der Waals surface area contributed by atoms with Crippen molar-refractivity contribution < 1.29 is 14.0 Å². The number of halogens is 1. The smallest absolute Gasteiger partial charge is 0.287 e. The number of nitrogens with one attached hydrogen (secondary N) is 1. The molecule has 0 saturated carbocycles.